The molecule has 0 atom stereocenters. The molecule has 0 aliphatic rings. The zero-order valence-electron chi connectivity index (χ0n) is 13.4. The number of benzene rings is 2. The van der Waals surface area contributed by atoms with E-state index in [2.05, 4.69) is 20.1 Å². The summed E-state index contributed by atoms with van der Waals surface area (Å²) in [6.07, 6.45) is 1.15. The van der Waals surface area contributed by atoms with Gasteiger partial charge >= 0.3 is 0 Å². The maximum absolute atomic E-state index is 12.3. The summed E-state index contributed by atoms with van der Waals surface area (Å²) in [6.45, 7) is 3.95. The van der Waals surface area contributed by atoms with E-state index in [0.717, 1.165) is 22.5 Å². The summed E-state index contributed by atoms with van der Waals surface area (Å²) in [6, 6.07) is 11.6. The van der Waals surface area contributed by atoms with Gasteiger partial charge in [-0.1, -0.05) is 30.3 Å². The molecule has 8 heteroatoms. The fourth-order valence-corrected chi connectivity index (χ4v) is 3.26. The van der Waals surface area contributed by atoms with E-state index < -0.39 is 10.0 Å². The SMILES string of the molecule is CC(C)Oc1ccc2ccccc2c1CNS(=O)(=O)c1cn[nH]n1. The van der Waals surface area contributed by atoms with E-state index >= 15 is 0 Å². The van der Waals surface area contributed by atoms with Crippen LogP contribution in [0, 0.1) is 0 Å². The van der Waals surface area contributed by atoms with Crippen LogP contribution in [0.4, 0.5) is 0 Å². The predicted molar refractivity (Wildman–Crippen MR) is 90.1 cm³/mol. The second kappa shape index (κ2) is 6.58. The second-order valence-electron chi connectivity index (χ2n) is 5.56. The fraction of sp³-hybridized carbons (Fsp3) is 0.250. The minimum Gasteiger partial charge on any atom is -0.491 e. The van der Waals surface area contributed by atoms with Gasteiger partial charge in [-0.25, -0.2) is 13.1 Å². The number of hydrogen-bond donors (Lipinski definition) is 2. The summed E-state index contributed by atoms with van der Waals surface area (Å²) in [5.74, 6) is 0.659. The summed E-state index contributed by atoms with van der Waals surface area (Å²) in [5, 5.41) is 11.3. The molecule has 0 radical (unpaired) electrons. The first-order chi connectivity index (χ1) is 11.5. The van der Waals surface area contributed by atoms with Gasteiger partial charge in [-0.2, -0.15) is 10.3 Å². The molecule has 7 nitrogen and oxygen atoms in total. The standard InChI is InChI=1S/C16H18N4O3S/c1-11(2)23-15-8-7-12-5-3-4-6-13(12)14(15)9-18-24(21,22)16-10-17-20-19-16/h3-8,10-11,18H,9H2,1-2H3,(H,17,19,20). The van der Waals surface area contributed by atoms with Crippen LogP contribution >= 0.6 is 0 Å². The molecule has 3 rings (SSSR count). The van der Waals surface area contributed by atoms with Crippen LogP contribution in [0.3, 0.4) is 0 Å². The molecule has 3 aromatic rings. The molecule has 0 unspecified atom stereocenters. The van der Waals surface area contributed by atoms with Gasteiger partial charge in [0.1, 0.15) is 5.75 Å². The van der Waals surface area contributed by atoms with Crippen molar-refractivity contribution in [2.75, 3.05) is 0 Å². The lowest BCUT2D eigenvalue weighted by molar-refractivity contribution is 0.240. The first-order valence-corrected chi connectivity index (χ1v) is 8.98. The van der Waals surface area contributed by atoms with Crippen LogP contribution in [0.5, 0.6) is 5.75 Å². The number of hydrogen-bond acceptors (Lipinski definition) is 5. The average molecular weight is 346 g/mol. The molecule has 1 heterocycles. The summed E-state index contributed by atoms with van der Waals surface area (Å²) in [5.41, 5.74) is 0.786. The van der Waals surface area contributed by atoms with Crippen LogP contribution in [0.25, 0.3) is 10.8 Å². The number of nitrogens with zero attached hydrogens (tertiary/aromatic N) is 2. The summed E-state index contributed by atoms with van der Waals surface area (Å²) >= 11 is 0. The number of fused-ring (bicyclic) bond motifs is 1. The Morgan fingerprint density at radius 2 is 2.00 bits per heavy atom. The summed E-state index contributed by atoms with van der Waals surface area (Å²) < 4.78 is 32.9. The van der Waals surface area contributed by atoms with Gasteiger partial charge in [0.05, 0.1) is 12.3 Å². The van der Waals surface area contributed by atoms with Crippen LogP contribution < -0.4 is 9.46 Å². The molecule has 2 N–H and O–H groups in total. The molecular weight excluding hydrogens is 328 g/mol. The molecule has 0 fully saturated rings. The highest BCUT2D eigenvalue weighted by Gasteiger charge is 2.19. The Morgan fingerprint density at radius 3 is 2.71 bits per heavy atom. The van der Waals surface area contributed by atoms with Gasteiger partial charge in [-0.05, 0) is 30.7 Å². The van der Waals surface area contributed by atoms with Gasteiger partial charge in [0.15, 0.2) is 0 Å². The Balaban J connectivity index is 1.97. The number of sulfonamides is 1. The largest absolute Gasteiger partial charge is 0.491 e. The van der Waals surface area contributed by atoms with Gasteiger partial charge in [0.25, 0.3) is 10.0 Å². The van der Waals surface area contributed by atoms with Crippen LogP contribution in [-0.2, 0) is 16.6 Å². The van der Waals surface area contributed by atoms with Crippen LogP contribution in [0.1, 0.15) is 19.4 Å². The summed E-state index contributed by atoms with van der Waals surface area (Å²) in [7, 11) is -3.74. The molecule has 0 aliphatic heterocycles. The van der Waals surface area contributed by atoms with Crippen LogP contribution in [-0.4, -0.2) is 29.9 Å². The van der Waals surface area contributed by atoms with Crippen molar-refractivity contribution in [3.05, 3.63) is 48.2 Å². The predicted octanol–water partition coefficient (Wildman–Crippen LogP) is 2.22. The molecule has 0 spiro atoms. The van der Waals surface area contributed by atoms with Crippen molar-refractivity contribution >= 4 is 20.8 Å². The Labute approximate surface area is 140 Å². The number of aromatic nitrogens is 3. The van der Waals surface area contributed by atoms with E-state index in [1.54, 1.807) is 0 Å². The fourth-order valence-electron chi connectivity index (χ4n) is 2.42. The Morgan fingerprint density at radius 1 is 1.21 bits per heavy atom. The topological polar surface area (TPSA) is 97.0 Å². The van der Waals surface area contributed by atoms with Crippen molar-refractivity contribution in [2.45, 2.75) is 31.5 Å². The third-order valence-electron chi connectivity index (χ3n) is 3.47. The Bertz CT molecular complexity index is 937. The molecule has 126 valence electrons. The highest BCUT2D eigenvalue weighted by molar-refractivity contribution is 7.89. The number of aromatic amines is 1. The third-order valence-corrected chi connectivity index (χ3v) is 4.74. The van der Waals surface area contributed by atoms with Gasteiger partial charge < -0.3 is 4.74 Å². The third kappa shape index (κ3) is 3.39. The van der Waals surface area contributed by atoms with E-state index in [4.69, 9.17) is 4.74 Å². The number of nitrogens with one attached hydrogen (secondary N) is 2. The quantitative estimate of drug-likeness (QED) is 0.713. The lowest BCUT2D eigenvalue weighted by atomic mass is 10.0. The number of ether oxygens (including phenoxy) is 1. The number of H-pyrrole nitrogens is 1. The van der Waals surface area contributed by atoms with E-state index in [0.29, 0.717) is 5.75 Å². The molecule has 2 aromatic carbocycles. The lowest BCUT2D eigenvalue weighted by Gasteiger charge is -2.17. The monoisotopic (exact) mass is 346 g/mol. The molecule has 0 amide bonds. The first-order valence-electron chi connectivity index (χ1n) is 7.50. The molecule has 0 bridgehead atoms. The molecule has 24 heavy (non-hydrogen) atoms. The molecular formula is C16H18N4O3S. The first kappa shape index (κ1) is 16.4. The Hall–Kier alpha value is -2.45. The maximum atomic E-state index is 12.3. The maximum Gasteiger partial charge on any atom is 0.261 e. The van der Waals surface area contributed by atoms with Crippen LogP contribution in [0.15, 0.2) is 47.6 Å². The van der Waals surface area contributed by atoms with E-state index in [9.17, 15) is 8.42 Å². The highest BCUT2D eigenvalue weighted by Crippen LogP contribution is 2.29. The van der Waals surface area contributed by atoms with Gasteiger partial charge in [-0.3, -0.25) is 0 Å². The van der Waals surface area contributed by atoms with Gasteiger partial charge in [0, 0.05) is 12.1 Å². The van der Waals surface area contributed by atoms with Crippen molar-refractivity contribution in [1.29, 1.82) is 0 Å². The average Bonchev–Trinajstić information content (AvgIpc) is 3.08. The number of rotatable bonds is 6. The lowest BCUT2D eigenvalue weighted by Crippen LogP contribution is -2.24. The van der Waals surface area contributed by atoms with Gasteiger partial charge in [-0.15, -0.1) is 5.10 Å². The van der Waals surface area contributed by atoms with E-state index in [1.807, 2.05) is 50.2 Å². The van der Waals surface area contributed by atoms with E-state index in [-0.39, 0.29) is 17.7 Å². The smallest absolute Gasteiger partial charge is 0.261 e. The second-order valence-corrected chi connectivity index (χ2v) is 7.28. The molecule has 0 saturated carbocycles. The summed E-state index contributed by atoms with van der Waals surface area (Å²) in [4.78, 5) is 0. The molecule has 1 aromatic heterocycles. The van der Waals surface area contributed by atoms with Crippen molar-refractivity contribution in [1.82, 2.24) is 20.1 Å². The minimum absolute atomic E-state index is 0.0166. The van der Waals surface area contributed by atoms with Crippen molar-refractivity contribution in [3.8, 4) is 5.75 Å². The zero-order chi connectivity index (χ0) is 17.2. The van der Waals surface area contributed by atoms with Crippen molar-refractivity contribution < 1.29 is 13.2 Å². The molecule has 0 aliphatic carbocycles. The Kier molecular flexibility index (Phi) is 4.50. The van der Waals surface area contributed by atoms with Gasteiger partial charge in [0.2, 0.25) is 5.03 Å². The molecule has 0 saturated heterocycles. The van der Waals surface area contributed by atoms with E-state index in [1.165, 1.54) is 0 Å². The zero-order valence-corrected chi connectivity index (χ0v) is 14.2. The van der Waals surface area contributed by atoms with Crippen molar-refractivity contribution in [2.24, 2.45) is 0 Å². The van der Waals surface area contributed by atoms with Crippen LogP contribution in [0.2, 0.25) is 0 Å². The minimum atomic E-state index is -3.74. The van der Waals surface area contributed by atoms with Crippen molar-refractivity contribution in [3.63, 3.8) is 0 Å². The normalized spacial score (nSPS) is 12.0. The highest BCUT2D eigenvalue weighted by atomic mass is 32.2.